The molecule has 18 heavy (non-hydrogen) atoms. The third kappa shape index (κ3) is 2.86. The molecule has 0 unspecified atom stereocenters. The molecule has 0 amide bonds. The predicted octanol–water partition coefficient (Wildman–Crippen LogP) is 3.00. The number of non-ortho nitro benzene ring substituents is 1. The van der Waals surface area contributed by atoms with Crippen LogP contribution in [0.25, 0.3) is 0 Å². The largest absolute Gasteiger partial charge is 0.378 e. The quantitative estimate of drug-likeness (QED) is 0.671. The van der Waals surface area contributed by atoms with Crippen LogP contribution in [0.2, 0.25) is 0 Å². The van der Waals surface area contributed by atoms with E-state index in [9.17, 15) is 10.1 Å². The van der Waals surface area contributed by atoms with E-state index in [4.69, 9.17) is 0 Å². The van der Waals surface area contributed by atoms with E-state index in [0.29, 0.717) is 12.2 Å². The van der Waals surface area contributed by atoms with Gasteiger partial charge in [-0.3, -0.25) is 10.1 Å². The first kappa shape index (κ1) is 12.6. The number of nitro benzene ring substituents is 1. The molecule has 1 aromatic heterocycles. The second-order valence-corrected chi connectivity index (χ2v) is 4.62. The first-order valence-electron chi connectivity index (χ1n) is 5.24. The van der Waals surface area contributed by atoms with E-state index in [2.05, 4.69) is 31.2 Å². The van der Waals surface area contributed by atoms with Crippen molar-refractivity contribution in [1.29, 1.82) is 0 Å². The number of H-pyrrole nitrogens is 1. The van der Waals surface area contributed by atoms with Gasteiger partial charge in [0.2, 0.25) is 0 Å². The normalized spacial score (nSPS) is 10.3. The van der Waals surface area contributed by atoms with Gasteiger partial charge < -0.3 is 10.3 Å². The average Bonchev–Trinajstić information content (AvgIpc) is 2.74. The Kier molecular flexibility index (Phi) is 3.61. The SMILES string of the molecule is Cc1ncc(CNc2cc([N+](=O)[O-])ccc2Br)[nH]1. The molecule has 0 aliphatic heterocycles. The molecule has 94 valence electrons. The molecular weight excluding hydrogens is 300 g/mol. The zero-order valence-electron chi connectivity index (χ0n) is 9.61. The lowest BCUT2D eigenvalue weighted by Gasteiger charge is -2.07. The number of aromatic amines is 1. The summed E-state index contributed by atoms with van der Waals surface area (Å²) >= 11 is 3.35. The van der Waals surface area contributed by atoms with E-state index >= 15 is 0 Å². The van der Waals surface area contributed by atoms with Crippen LogP contribution in [0, 0.1) is 17.0 Å². The van der Waals surface area contributed by atoms with Gasteiger partial charge in [0.1, 0.15) is 5.82 Å². The van der Waals surface area contributed by atoms with Crippen molar-refractivity contribution < 1.29 is 4.92 Å². The molecule has 2 rings (SSSR count). The number of rotatable bonds is 4. The highest BCUT2D eigenvalue weighted by Crippen LogP contribution is 2.27. The minimum absolute atomic E-state index is 0.0569. The molecule has 0 aliphatic carbocycles. The minimum Gasteiger partial charge on any atom is -0.378 e. The number of halogens is 1. The molecule has 6 nitrogen and oxygen atoms in total. The number of hydrogen-bond donors (Lipinski definition) is 2. The summed E-state index contributed by atoms with van der Waals surface area (Å²) in [6, 6.07) is 4.60. The predicted molar refractivity (Wildman–Crippen MR) is 71.4 cm³/mol. The molecule has 1 aromatic carbocycles. The van der Waals surface area contributed by atoms with Gasteiger partial charge in [0.15, 0.2) is 0 Å². The summed E-state index contributed by atoms with van der Waals surface area (Å²) in [5.74, 6) is 0.838. The van der Waals surface area contributed by atoms with E-state index in [-0.39, 0.29) is 5.69 Å². The van der Waals surface area contributed by atoms with Gasteiger partial charge in [0, 0.05) is 16.6 Å². The maximum atomic E-state index is 10.7. The minimum atomic E-state index is -0.419. The molecule has 0 bridgehead atoms. The van der Waals surface area contributed by atoms with Gasteiger partial charge in [0.25, 0.3) is 5.69 Å². The second-order valence-electron chi connectivity index (χ2n) is 3.77. The Morgan fingerprint density at radius 3 is 2.94 bits per heavy atom. The van der Waals surface area contributed by atoms with Crippen molar-refractivity contribution in [2.45, 2.75) is 13.5 Å². The summed E-state index contributed by atoms with van der Waals surface area (Å²) in [7, 11) is 0. The van der Waals surface area contributed by atoms with E-state index in [1.54, 1.807) is 12.3 Å². The molecule has 0 spiro atoms. The molecule has 2 aromatic rings. The number of nitrogens with zero attached hydrogens (tertiary/aromatic N) is 2. The summed E-state index contributed by atoms with van der Waals surface area (Å²) in [5, 5.41) is 13.8. The molecule has 0 radical (unpaired) electrons. The van der Waals surface area contributed by atoms with Gasteiger partial charge in [-0.25, -0.2) is 4.98 Å². The van der Waals surface area contributed by atoms with Gasteiger partial charge >= 0.3 is 0 Å². The Morgan fingerprint density at radius 2 is 2.33 bits per heavy atom. The van der Waals surface area contributed by atoms with Crippen LogP contribution >= 0.6 is 15.9 Å². The van der Waals surface area contributed by atoms with Gasteiger partial charge in [0.05, 0.1) is 29.0 Å². The Hall–Kier alpha value is -1.89. The highest BCUT2D eigenvalue weighted by molar-refractivity contribution is 9.10. The molecule has 0 fully saturated rings. The van der Waals surface area contributed by atoms with Crippen LogP contribution in [0.1, 0.15) is 11.5 Å². The maximum Gasteiger partial charge on any atom is 0.271 e. The van der Waals surface area contributed by atoms with E-state index in [0.717, 1.165) is 16.0 Å². The zero-order chi connectivity index (χ0) is 13.1. The first-order chi connectivity index (χ1) is 8.56. The van der Waals surface area contributed by atoms with Crippen molar-refractivity contribution in [2.75, 3.05) is 5.32 Å². The van der Waals surface area contributed by atoms with Crippen molar-refractivity contribution in [3.8, 4) is 0 Å². The third-order valence-electron chi connectivity index (χ3n) is 2.39. The van der Waals surface area contributed by atoms with Crippen LogP contribution in [0.15, 0.2) is 28.9 Å². The monoisotopic (exact) mass is 310 g/mol. The lowest BCUT2D eigenvalue weighted by molar-refractivity contribution is -0.384. The Bertz CT molecular complexity index is 582. The average molecular weight is 311 g/mol. The van der Waals surface area contributed by atoms with Crippen LogP contribution in [0.4, 0.5) is 11.4 Å². The summed E-state index contributed by atoms with van der Waals surface area (Å²) in [6.45, 7) is 2.40. The number of aromatic nitrogens is 2. The molecule has 0 aliphatic rings. The third-order valence-corrected chi connectivity index (χ3v) is 3.08. The second kappa shape index (κ2) is 5.18. The molecule has 0 atom stereocenters. The standard InChI is InChI=1S/C11H11BrN4O2/c1-7-13-5-8(15-7)6-14-11-4-9(16(17)18)2-3-10(11)12/h2-5,14H,6H2,1H3,(H,13,15). The fourth-order valence-corrected chi connectivity index (χ4v) is 1.90. The van der Waals surface area contributed by atoms with E-state index in [1.165, 1.54) is 12.1 Å². The Morgan fingerprint density at radius 1 is 1.56 bits per heavy atom. The molecule has 0 saturated carbocycles. The smallest absolute Gasteiger partial charge is 0.271 e. The van der Waals surface area contributed by atoms with Crippen molar-refractivity contribution in [3.63, 3.8) is 0 Å². The fourth-order valence-electron chi connectivity index (χ4n) is 1.51. The molecule has 0 saturated heterocycles. The highest BCUT2D eigenvalue weighted by atomic mass is 79.9. The van der Waals surface area contributed by atoms with Crippen molar-refractivity contribution in [3.05, 3.63) is 50.5 Å². The fraction of sp³-hybridized carbons (Fsp3) is 0.182. The maximum absolute atomic E-state index is 10.7. The van der Waals surface area contributed by atoms with Crippen LogP contribution in [0.3, 0.4) is 0 Å². The topological polar surface area (TPSA) is 83.8 Å². The molecular formula is C11H11BrN4O2. The number of hydrogen-bond acceptors (Lipinski definition) is 4. The van der Waals surface area contributed by atoms with Crippen LogP contribution in [-0.4, -0.2) is 14.9 Å². The van der Waals surface area contributed by atoms with Gasteiger partial charge in [-0.2, -0.15) is 0 Å². The zero-order valence-corrected chi connectivity index (χ0v) is 11.2. The molecule has 7 heteroatoms. The summed E-state index contributed by atoms with van der Waals surface area (Å²) < 4.78 is 0.782. The number of benzene rings is 1. The van der Waals surface area contributed by atoms with E-state index < -0.39 is 4.92 Å². The van der Waals surface area contributed by atoms with Gasteiger partial charge in [-0.05, 0) is 28.9 Å². The molecule has 1 heterocycles. The summed E-state index contributed by atoms with van der Waals surface area (Å²) in [5.41, 5.74) is 1.66. The van der Waals surface area contributed by atoms with Gasteiger partial charge in [-0.1, -0.05) is 0 Å². The lowest BCUT2D eigenvalue weighted by Crippen LogP contribution is -2.01. The Balaban J connectivity index is 2.13. The van der Waals surface area contributed by atoms with Crippen molar-refractivity contribution >= 4 is 27.3 Å². The Labute approximate surface area is 112 Å². The number of nitro groups is 1. The lowest BCUT2D eigenvalue weighted by atomic mass is 10.3. The number of imidazole rings is 1. The van der Waals surface area contributed by atoms with Crippen molar-refractivity contribution in [2.24, 2.45) is 0 Å². The van der Waals surface area contributed by atoms with Crippen LogP contribution < -0.4 is 5.32 Å². The summed E-state index contributed by atoms with van der Waals surface area (Å²) in [6.07, 6.45) is 1.73. The number of aryl methyl sites for hydroxylation is 1. The molecule has 2 N–H and O–H groups in total. The first-order valence-corrected chi connectivity index (χ1v) is 6.04. The summed E-state index contributed by atoms with van der Waals surface area (Å²) in [4.78, 5) is 17.4. The number of nitrogens with one attached hydrogen (secondary N) is 2. The van der Waals surface area contributed by atoms with Crippen LogP contribution in [0.5, 0.6) is 0 Å². The van der Waals surface area contributed by atoms with E-state index in [1.807, 2.05) is 6.92 Å². The van der Waals surface area contributed by atoms with Crippen molar-refractivity contribution in [1.82, 2.24) is 9.97 Å². The highest BCUT2D eigenvalue weighted by Gasteiger charge is 2.09. The van der Waals surface area contributed by atoms with Crippen LogP contribution in [-0.2, 0) is 6.54 Å². The van der Waals surface area contributed by atoms with Gasteiger partial charge in [-0.15, -0.1) is 0 Å². The number of anilines is 1.